The van der Waals surface area contributed by atoms with E-state index in [0.717, 1.165) is 18.4 Å². The number of hydrogen-bond acceptors (Lipinski definition) is 1. The molecule has 0 aliphatic carbocycles. The van der Waals surface area contributed by atoms with Crippen LogP contribution >= 0.6 is 11.6 Å². The number of allylic oxidation sites excluding steroid dienone is 1. The van der Waals surface area contributed by atoms with E-state index in [9.17, 15) is 4.79 Å². The Morgan fingerprint density at radius 3 is 2.62 bits per heavy atom. The normalized spacial score (nSPS) is 10.8. The van der Waals surface area contributed by atoms with E-state index in [1.165, 1.54) is 0 Å². The zero-order valence-corrected chi connectivity index (χ0v) is 12.7. The van der Waals surface area contributed by atoms with Crippen LogP contribution in [-0.2, 0) is 0 Å². The number of unbranched alkanes of at least 4 members (excludes halogenated alkanes) is 1. The van der Waals surface area contributed by atoms with Gasteiger partial charge in [-0.05, 0) is 42.3 Å². The predicted octanol–water partition coefficient (Wildman–Crippen LogP) is 5.41. The molecule has 0 saturated carbocycles. The van der Waals surface area contributed by atoms with Crippen LogP contribution in [0.25, 0.3) is 6.08 Å². The molecule has 21 heavy (non-hydrogen) atoms. The van der Waals surface area contributed by atoms with Crippen molar-refractivity contribution in [3.8, 4) is 0 Å². The van der Waals surface area contributed by atoms with Crippen LogP contribution in [0.15, 0.2) is 54.6 Å². The highest BCUT2D eigenvalue weighted by Gasteiger charge is 2.05. The van der Waals surface area contributed by atoms with Crippen LogP contribution in [0.1, 0.15) is 35.7 Å². The maximum atomic E-state index is 12.1. The van der Waals surface area contributed by atoms with Crippen molar-refractivity contribution in [1.29, 1.82) is 0 Å². The topological polar surface area (TPSA) is 29.1 Å². The Morgan fingerprint density at radius 1 is 1.19 bits per heavy atom. The minimum Gasteiger partial charge on any atom is -0.322 e. The Hall–Kier alpha value is -2.06. The fourth-order valence-corrected chi connectivity index (χ4v) is 2.09. The van der Waals surface area contributed by atoms with E-state index >= 15 is 0 Å². The third-order valence-corrected chi connectivity index (χ3v) is 3.26. The van der Waals surface area contributed by atoms with E-state index in [0.29, 0.717) is 16.3 Å². The van der Waals surface area contributed by atoms with E-state index in [2.05, 4.69) is 24.4 Å². The second-order valence-corrected chi connectivity index (χ2v) is 5.21. The van der Waals surface area contributed by atoms with Crippen LogP contribution < -0.4 is 5.32 Å². The van der Waals surface area contributed by atoms with Gasteiger partial charge in [0.2, 0.25) is 0 Å². The van der Waals surface area contributed by atoms with Crippen molar-refractivity contribution in [2.75, 3.05) is 5.32 Å². The van der Waals surface area contributed by atoms with Crippen LogP contribution in [0.2, 0.25) is 5.02 Å². The van der Waals surface area contributed by atoms with Gasteiger partial charge < -0.3 is 5.32 Å². The predicted molar refractivity (Wildman–Crippen MR) is 89.8 cm³/mol. The Bertz CT molecular complexity index is 632. The number of carbonyl (C=O) groups excluding carboxylic acids is 1. The highest BCUT2D eigenvalue weighted by Crippen LogP contribution is 2.16. The van der Waals surface area contributed by atoms with Gasteiger partial charge in [0.05, 0.1) is 0 Å². The lowest BCUT2D eigenvalue weighted by atomic mass is 10.1. The summed E-state index contributed by atoms with van der Waals surface area (Å²) in [5, 5.41) is 3.43. The molecule has 0 fully saturated rings. The van der Waals surface area contributed by atoms with Crippen molar-refractivity contribution in [3.63, 3.8) is 0 Å². The third-order valence-electron chi connectivity index (χ3n) is 3.02. The number of amides is 1. The number of carbonyl (C=O) groups is 1. The quantitative estimate of drug-likeness (QED) is 0.786. The van der Waals surface area contributed by atoms with Gasteiger partial charge >= 0.3 is 0 Å². The number of benzene rings is 2. The summed E-state index contributed by atoms with van der Waals surface area (Å²) in [6.45, 7) is 2.15. The lowest BCUT2D eigenvalue weighted by Gasteiger charge is -2.06. The van der Waals surface area contributed by atoms with Crippen molar-refractivity contribution >= 4 is 29.3 Å². The molecule has 0 saturated heterocycles. The van der Waals surface area contributed by atoms with Gasteiger partial charge in [-0.1, -0.05) is 55.3 Å². The SMILES string of the molecule is CCCC=Cc1ccc(C(=O)Nc2cccc(Cl)c2)cc1. The molecule has 0 spiro atoms. The van der Waals surface area contributed by atoms with Crippen molar-refractivity contribution in [2.24, 2.45) is 0 Å². The van der Waals surface area contributed by atoms with Gasteiger partial charge in [0.15, 0.2) is 0 Å². The number of hydrogen-bond donors (Lipinski definition) is 1. The summed E-state index contributed by atoms with van der Waals surface area (Å²) >= 11 is 5.90. The van der Waals surface area contributed by atoms with Crippen molar-refractivity contribution in [2.45, 2.75) is 19.8 Å². The Morgan fingerprint density at radius 2 is 1.95 bits per heavy atom. The zero-order chi connectivity index (χ0) is 15.1. The molecule has 0 radical (unpaired) electrons. The minimum atomic E-state index is -0.138. The van der Waals surface area contributed by atoms with Crippen LogP contribution in [-0.4, -0.2) is 5.91 Å². The van der Waals surface area contributed by atoms with Gasteiger partial charge in [0, 0.05) is 16.3 Å². The van der Waals surface area contributed by atoms with Crippen LogP contribution in [0, 0.1) is 0 Å². The molecule has 2 rings (SSSR count). The molecule has 108 valence electrons. The van der Waals surface area contributed by atoms with E-state index in [1.807, 2.05) is 30.3 Å². The average molecular weight is 300 g/mol. The molecular formula is C18H18ClNO. The molecule has 3 heteroatoms. The monoisotopic (exact) mass is 299 g/mol. The van der Waals surface area contributed by atoms with Gasteiger partial charge in [-0.3, -0.25) is 4.79 Å². The first-order valence-electron chi connectivity index (χ1n) is 7.02. The molecule has 0 aromatic heterocycles. The standard InChI is InChI=1S/C18H18ClNO/c1-2-3-4-6-14-9-11-15(12-10-14)18(21)20-17-8-5-7-16(19)13-17/h4-13H,2-3H2,1H3,(H,20,21). The van der Waals surface area contributed by atoms with E-state index < -0.39 is 0 Å². The summed E-state index contributed by atoms with van der Waals surface area (Å²) in [5.74, 6) is -0.138. The summed E-state index contributed by atoms with van der Waals surface area (Å²) in [7, 11) is 0. The zero-order valence-electron chi connectivity index (χ0n) is 12.0. The minimum absolute atomic E-state index is 0.138. The third kappa shape index (κ3) is 4.76. The van der Waals surface area contributed by atoms with Gasteiger partial charge in [-0.2, -0.15) is 0 Å². The molecule has 0 unspecified atom stereocenters. The molecule has 0 aliphatic rings. The molecule has 1 amide bonds. The second-order valence-electron chi connectivity index (χ2n) is 4.78. The van der Waals surface area contributed by atoms with Crippen molar-refractivity contribution < 1.29 is 4.79 Å². The largest absolute Gasteiger partial charge is 0.322 e. The van der Waals surface area contributed by atoms with Gasteiger partial charge in [-0.15, -0.1) is 0 Å². The first-order valence-corrected chi connectivity index (χ1v) is 7.40. The highest BCUT2D eigenvalue weighted by molar-refractivity contribution is 6.30. The Kier molecular flexibility index (Phi) is 5.59. The maximum Gasteiger partial charge on any atom is 0.255 e. The lowest BCUT2D eigenvalue weighted by Crippen LogP contribution is -2.11. The second kappa shape index (κ2) is 7.65. The van der Waals surface area contributed by atoms with E-state index in [-0.39, 0.29) is 5.91 Å². The summed E-state index contributed by atoms with van der Waals surface area (Å²) in [6.07, 6.45) is 6.41. The lowest BCUT2D eigenvalue weighted by molar-refractivity contribution is 0.102. The average Bonchev–Trinajstić information content (AvgIpc) is 2.48. The molecule has 0 aliphatic heterocycles. The fraction of sp³-hybridized carbons (Fsp3) is 0.167. The van der Waals surface area contributed by atoms with Crippen LogP contribution in [0.5, 0.6) is 0 Å². The molecular weight excluding hydrogens is 282 g/mol. The molecule has 1 N–H and O–H groups in total. The Balaban J connectivity index is 2.03. The first-order chi connectivity index (χ1) is 10.2. The van der Waals surface area contributed by atoms with Gasteiger partial charge in [-0.25, -0.2) is 0 Å². The van der Waals surface area contributed by atoms with Crippen molar-refractivity contribution in [3.05, 3.63) is 70.8 Å². The fourth-order valence-electron chi connectivity index (χ4n) is 1.90. The molecule has 2 aromatic rings. The van der Waals surface area contributed by atoms with Gasteiger partial charge in [0.25, 0.3) is 5.91 Å². The molecule has 0 atom stereocenters. The van der Waals surface area contributed by atoms with Crippen LogP contribution in [0.4, 0.5) is 5.69 Å². The number of halogens is 1. The number of rotatable bonds is 5. The summed E-state index contributed by atoms with van der Waals surface area (Å²) in [4.78, 5) is 12.1. The van der Waals surface area contributed by atoms with E-state index in [4.69, 9.17) is 11.6 Å². The van der Waals surface area contributed by atoms with E-state index in [1.54, 1.807) is 18.2 Å². The first kappa shape index (κ1) is 15.3. The molecule has 0 heterocycles. The molecule has 0 bridgehead atoms. The summed E-state index contributed by atoms with van der Waals surface area (Å²) in [5.41, 5.74) is 2.42. The van der Waals surface area contributed by atoms with Crippen LogP contribution in [0.3, 0.4) is 0 Å². The maximum absolute atomic E-state index is 12.1. The summed E-state index contributed by atoms with van der Waals surface area (Å²) < 4.78 is 0. The van der Waals surface area contributed by atoms with Crippen molar-refractivity contribution in [1.82, 2.24) is 0 Å². The highest BCUT2D eigenvalue weighted by atomic mass is 35.5. The van der Waals surface area contributed by atoms with Gasteiger partial charge in [0.1, 0.15) is 0 Å². The molecule has 2 aromatic carbocycles. The molecule has 2 nitrogen and oxygen atoms in total. The smallest absolute Gasteiger partial charge is 0.255 e. The summed E-state index contributed by atoms with van der Waals surface area (Å²) in [6, 6.07) is 14.6. The number of anilines is 1. The number of nitrogens with one attached hydrogen (secondary N) is 1. The Labute approximate surface area is 130 Å².